The molecule has 1 rings (SSSR count). The number of hydrogen-bond donors (Lipinski definition) is 2. The predicted octanol–water partition coefficient (Wildman–Crippen LogP) is 3.27. The number of hydrogen-bond acceptors (Lipinski definition) is 2. The Hall–Kier alpha value is -0.540. The van der Waals surface area contributed by atoms with Crippen LogP contribution in [-0.2, 0) is 0 Å². The van der Waals surface area contributed by atoms with E-state index in [-0.39, 0.29) is 12.1 Å². The van der Waals surface area contributed by atoms with Gasteiger partial charge in [-0.3, -0.25) is 0 Å². The number of aliphatic hydroxyl groups is 1. The number of anilines is 1. The fourth-order valence-corrected chi connectivity index (χ4v) is 1.62. The quantitative estimate of drug-likeness (QED) is 0.881. The fraction of sp³-hybridized carbons (Fsp3) is 0.500. The first-order valence-corrected chi connectivity index (χ1v) is 5.92. The number of aliphatic hydroxyl groups excluding tert-OH is 1. The molecule has 0 aliphatic heterocycles. The van der Waals surface area contributed by atoms with Crippen LogP contribution in [-0.4, -0.2) is 17.3 Å². The fourth-order valence-electron chi connectivity index (χ4n) is 1.24. The Morgan fingerprint density at radius 1 is 1.40 bits per heavy atom. The van der Waals surface area contributed by atoms with E-state index in [4.69, 9.17) is 0 Å². The van der Waals surface area contributed by atoms with Crippen LogP contribution in [0.4, 0.5) is 5.69 Å². The van der Waals surface area contributed by atoms with Gasteiger partial charge in [0.25, 0.3) is 0 Å². The Labute approximate surface area is 99.8 Å². The number of nitrogens with one attached hydrogen (secondary N) is 1. The molecule has 0 aliphatic rings. The second kappa shape index (κ2) is 4.99. The Bertz CT molecular complexity index is 327. The average Bonchev–Trinajstić information content (AvgIpc) is 2.21. The highest BCUT2D eigenvalue weighted by Gasteiger charge is 2.27. The van der Waals surface area contributed by atoms with E-state index in [0.29, 0.717) is 5.92 Å². The lowest BCUT2D eigenvalue weighted by molar-refractivity contribution is 0.186. The number of halogens is 1. The number of rotatable bonds is 4. The van der Waals surface area contributed by atoms with Gasteiger partial charge < -0.3 is 10.4 Å². The molecule has 0 heterocycles. The Kier molecular flexibility index (Phi) is 4.17. The summed E-state index contributed by atoms with van der Waals surface area (Å²) < 4.78 is 1.02. The van der Waals surface area contributed by atoms with E-state index in [1.54, 1.807) is 0 Å². The van der Waals surface area contributed by atoms with Crippen LogP contribution in [0.5, 0.6) is 0 Å². The van der Waals surface area contributed by atoms with Crippen molar-refractivity contribution in [2.75, 3.05) is 11.9 Å². The molecule has 0 amide bonds. The van der Waals surface area contributed by atoms with Gasteiger partial charge in [-0.25, -0.2) is 0 Å². The molecule has 84 valence electrons. The maximum absolute atomic E-state index is 9.43. The van der Waals surface area contributed by atoms with Crippen LogP contribution in [0.1, 0.15) is 20.8 Å². The van der Waals surface area contributed by atoms with Crippen LogP contribution >= 0.6 is 15.9 Å². The molecular formula is C12H18BrNO. The maximum atomic E-state index is 9.43. The standard InChI is InChI=1S/C12H18BrNO/c1-9(2)12(3,8-15)14-11-7-5-4-6-10(11)13/h4-7,9,14-15H,8H2,1-3H3. The lowest BCUT2D eigenvalue weighted by atomic mass is 9.89. The van der Waals surface area contributed by atoms with Crippen molar-refractivity contribution in [3.8, 4) is 0 Å². The molecule has 0 spiro atoms. The van der Waals surface area contributed by atoms with Crippen molar-refractivity contribution in [3.05, 3.63) is 28.7 Å². The van der Waals surface area contributed by atoms with Crippen molar-refractivity contribution in [2.45, 2.75) is 26.3 Å². The summed E-state index contributed by atoms with van der Waals surface area (Å²) in [4.78, 5) is 0. The summed E-state index contributed by atoms with van der Waals surface area (Å²) in [6.07, 6.45) is 0. The number of benzene rings is 1. The molecular weight excluding hydrogens is 254 g/mol. The van der Waals surface area contributed by atoms with Crippen LogP contribution < -0.4 is 5.32 Å². The lowest BCUT2D eigenvalue weighted by Crippen LogP contribution is -2.44. The van der Waals surface area contributed by atoms with E-state index >= 15 is 0 Å². The lowest BCUT2D eigenvalue weighted by Gasteiger charge is -2.34. The Morgan fingerprint density at radius 3 is 2.47 bits per heavy atom. The van der Waals surface area contributed by atoms with Crippen LogP contribution in [0.15, 0.2) is 28.7 Å². The minimum Gasteiger partial charge on any atom is -0.394 e. The first kappa shape index (κ1) is 12.5. The van der Waals surface area contributed by atoms with E-state index in [9.17, 15) is 5.11 Å². The smallest absolute Gasteiger partial charge is 0.0661 e. The molecule has 0 fully saturated rings. The highest BCUT2D eigenvalue weighted by atomic mass is 79.9. The molecule has 2 nitrogen and oxygen atoms in total. The van der Waals surface area contributed by atoms with Gasteiger partial charge in [0.05, 0.1) is 12.1 Å². The summed E-state index contributed by atoms with van der Waals surface area (Å²) >= 11 is 3.48. The van der Waals surface area contributed by atoms with Crippen molar-refractivity contribution in [3.63, 3.8) is 0 Å². The Morgan fingerprint density at radius 2 is 2.00 bits per heavy atom. The van der Waals surface area contributed by atoms with Crippen LogP contribution in [0.2, 0.25) is 0 Å². The SMILES string of the molecule is CC(C)C(C)(CO)Nc1ccccc1Br. The van der Waals surface area contributed by atoms with Crippen LogP contribution in [0.25, 0.3) is 0 Å². The zero-order chi connectivity index (χ0) is 11.5. The first-order chi connectivity index (χ1) is 6.99. The summed E-state index contributed by atoms with van der Waals surface area (Å²) in [6, 6.07) is 7.94. The Balaban J connectivity index is 2.89. The summed E-state index contributed by atoms with van der Waals surface area (Å²) in [7, 11) is 0. The highest BCUT2D eigenvalue weighted by molar-refractivity contribution is 9.10. The third kappa shape index (κ3) is 2.95. The molecule has 0 saturated heterocycles. The molecule has 3 heteroatoms. The molecule has 0 bridgehead atoms. The molecule has 1 unspecified atom stereocenters. The minimum absolute atomic E-state index is 0.117. The van der Waals surface area contributed by atoms with Gasteiger partial charge in [0, 0.05) is 10.2 Å². The second-order valence-electron chi connectivity index (χ2n) is 4.34. The molecule has 1 aromatic rings. The summed E-state index contributed by atoms with van der Waals surface area (Å²) in [6.45, 7) is 6.34. The van der Waals surface area contributed by atoms with Crippen LogP contribution in [0.3, 0.4) is 0 Å². The zero-order valence-electron chi connectivity index (χ0n) is 9.42. The van der Waals surface area contributed by atoms with Crippen LogP contribution in [0, 0.1) is 5.92 Å². The molecule has 0 aromatic heterocycles. The molecule has 2 N–H and O–H groups in total. The van der Waals surface area contributed by atoms with Crippen molar-refractivity contribution < 1.29 is 5.11 Å². The van der Waals surface area contributed by atoms with E-state index < -0.39 is 0 Å². The van der Waals surface area contributed by atoms with E-state index in [2.05, 4.69) is 35.1 Å². The summed E-state index contributed by atoms with van der Waals surface area (Å²) in [5, 5.41) is 12.8. The van der Waals surface area contributed by atoms with Gasteiger partial charge in [0.15, 0.2) is 0 Å². The first-order valence-electron chi connectivity index (χ1n) is 5.13. The van der Waals surface area contributed by atoms with Gasteiger partial charge in [0.1, 0.15) is 0 Å². The largest absolute Gasteiger partial charge is 0.394 e. The normalized spacial score (nSPS) is 15.1. The average molecular weight is 272 g/mol. The minimum atomic E-state index is -0.288. The number of para-hydroxylation sites is 1. The molecule has 0 saturated carbocycles. The van der Waals surface area contributed by atoms with Gasteiger partial charge in [-0.1, -0.05) is 26.0 Å². The van der Waals surface area contributed by atoms with Gasteiger partial charge >= 0.3 is 0 Å². The van der Waals surface area contributed by atoms with E-state index in [1.807, 2.05) is 31.2 Å². The topological polar surface area (TPSA) is 32.3 Å². The van der Waals surface area contributed by atoms with E-state index in [1.165, 1.54) is 0 Å². The third-order valence-corrected chi connectivity index (χ3v) is 3.59. The van der Waals surface area contributed by atoms with Gasteiger partial charge in [0.2, 0.25) is 0 Å². The van der Waals surface area contributed by atoms with Gasteiger partial charge in [-0.2, -0.15) is 0 Å². The summed E-state index contributed by atoms with van der Waals surface area (Å²) in [5.74, 6) is 0.356. The molecule has 0 radical (unpaired) electrons. The van der Waals surface area contributed by atoms with Crippen molar-refractivity contribution >= 4 is 21.6 Å². The van der Waals surface area contributed by atoms with Crippen molar-refractivity contribution in [1.82, 2.24) is 0 Å². The van der Waals surface area contributed by atoms with Crippen molar-refractivity contribution in [1.29, 1.82) is 0 Å². The predicted molar refractivity (Wildman–Crippen MR) is 68.1 cm³/mol. The zero-order valence-corrected chi connectivity index (χ0v) is 11.0. The molecule has 1 atom stereocenters. The monoisotopic (exact) mass is 271 g/mol. The molecule has 1 aromatic carbocycles. The van der Waals surface area contributed by atoms with Crippen molar-refractivity contribution in [2.24, 2.45) is 5.92 Å². The summed E-state index contributed by atoms with van der Waals surface area (Å²) in [5.41, 5.74) is 0.729. The third-order valence-electron chi connectivity index (χ3n) is 2.90. The van der Waals surface area contributed by atoms with Gasteiger partial charge in [-0.05, 0) is 40.9 Å². The second-order valence-corrected chi connectivity index (χ2v) is 5.19. The molecule has 0 aliphatic carbocycles. The van der Waals surface area contributed by atoms with Gasteiger partial charge in [-0.15, -0.1) is 0 Å². The molecule has 15 heavy (non-hydrogen) atoms. The highest BCUT2D eigenvalue weighted by Crippen LogP contribution is 2.27. The van der Waals surface area contributed by atoms with E-state index in [0.717, 1.165) is 10.2 Å². The maximum Gasteiger partial charge on any atom is 0.0661 e.